The van der Waals surface area contributed by atoms with Gasteiger partial charge in [-0.1, -0.05) is 20.3 Å². The Labute approximate surface area is 52.0 Å². The minimum Gasteiger partial charge on any atom is -0.384 e. The maximum Gasteiger partial charge on any atom is 0.0487 e. The van der Waals surface area contributed by atoms with Crippen LogP contribution in [0.25, 0.3) is 0 Å². The minimum absolute atomic E-state index is 0.741. The van der Waals surface area contributed by atoms with Crippen molar-refractivity contribution < 1.29 is 4.74 Å². The highest BCUT2D eigenvalue weighted by Gasteiger charge is 1.96. The maximum absolute atomic E-state index is 4.96. The summed E-state index contributed by atoms with van der Waals surface area (Å²) in [4.78, 5) is 0. The molecule has 0 aromatic rings. The van der Waals surface area contributed by atoms with Crippen molar-refractivity contribution in [3.8, 4) is 0 Å². The first kappa shape index (κ1) is 7.96. The summed E-state index contributed by atoms with van der Waals surface area (Å²) >= 11 is 0. The molecule has 1 atom stereocenters. The summed E-state index contributed by atoms with van der Waals surface area (Å²) in [6.07, 6.45) is 2.55. The van der Waals surface area contributed by atoms with Crippen LogP contribution in [0.2, 0.25) is 0 Å². The molecule has 0 saturated heterocycles. The highest BCUT2D eigenvalue weighted by Crippen LogP contribution is 2.03. The molecule has 8 heavy (non-hydrogen) atoms. The lowest BCUT2D eigenvalue weighted by Gasteiger charge is -2.06. The van der Waals surface area contributed by atoms with Crippen LogP contribution in [-0.4, -0.2) is 13.7 Å². The van der Waals surface area contributed by atoms with E-state index in [2.05, 4.69) is 13.8 Å². The lowest BCUT2D eigenvalue weighted by atomic mass is 10.1. The Balaban J connectivity index is 2.92. The summed E-state index contributed by atoms with van der Waals surface area (Å²) in [5.74, 6) is 0.741. The van der Waals surface area contributed by atoms with E-state index in [1.54, 1.807) is 7.11 Å². The summed E-state index contributed by atoms with van der Waals surface area (Å²) < 4.78 is 4.96. The summed E-state index contributed by atoms with van der Waals surface area (Å²) in [6, 6.07) is 0. The van der Waals surface area contributed by atoms with Gasteiger partial charge in [-0.15, -0.1) is 0 Å². The van der Waals surface area contributed by atoms with Gasteiger partial charge in [0.2, 0.25) is 0 Å². The van der Waals surface area contributed by atoms with E-state index in [4.69, 9.17) is 4.74 Å². The predicted octanol–water partition coefficient (Wildman–Crippen LogP) is 2.07. The normalized spacial score (nSPS) is 13.9. The summed E-state index contributed by atoms with van der Waals surface area (Å²) in [6.45, 7) is 5.33. The van der Waals surface area contributed by atoms with Gasteiger partial charge in [0.15, 0.2) is 0 Å². The number of hydrogen-bond acceptors (Lipinski definition) is 1. The molecule has 1 unspecified atom stereocenters. The molecule has 0 heterocycles. The predicted molar refractivity (Wildman–Crippen MR) is 35.9 cm³/mol. The van der Waals surface area contributed by atoms with E-state index in [9.17, 15) is 0 Å². The van der Waals surface area contributed by atoms with Crippen LogP contribution in [0.15, 0.2) is 0 Å². The molecule has 0 aromatic carbocycles. The first-order valence-electron chi connectivity index (χ1n) is 3.30. The van der Waals surface area contributed by atoms with E-state index in [-0.39, 0.29) is 0 Å². The van der Waals surface area contributed by atoms with Crippen LogP contribution in [0.5, 0.6) is 0 Å². The molecular weight excluding hydrogens is 100 g/mol. The van der Waals surface area contributed by atoms with Crippen LogP contribution in [0, 0.1) is 5.92 Å². The number of methoxy groups -OCH3 is 1. The first-order chi connectivity index (χ1) is 3.81. The summed E-state index contributed by atoms with van der Waals surface area (Å²) in [5, 5.41) is 0. The lowest BCUT2D eigenvalue weighted by Crippen LogP contribution is -2.01. The second kappa shape index (κ2) is 5.10. The molecule has 0 bridgehead atoms. The quantitative estimate of drug-likeness (QED) is 0.546. The van der Waals surface area contributed by atoms with Crippen molar-refractivity contribution >= 4 is 0 Å². The van der Waals surface area contributed by atoms with Crippen molar-refractivity contribution in [3.63, 3.8) is 0 Å². The van der Waals surface area contributed by atoms with Gasteiger partial charge in [-0.2, -0.15) is 0 Å². The second-order valence-corrected chi connectivity index (χ2v) is 2.35. The maximum atomic E-state index is 4.96. The molecular formula is C7H16O. The smallest absolute Gasteiger partial charge is 0.0487 e. The highest BCUT2D eigenvalue weighted by molar-refractivity contribution is 4.47. The van der Waals surface area contributed by atoms with Crippen molar-refractivity contribution in [2.24, 2.45) is 5.92 Å². The largest absolute Gasteiger partial charge is 0.384 e. The molecule has 0 saturated carbocycles. The van der Waals surface area contributed by atoms with Crippen molar-refractivity contribution in [2.45, 2.75) is 26.7 Å². The molecule has 0 amide bonds. The SMILES string of the molecule is CCCC(C)COC. The molecule has 1 nitrogen and oxygen atoms in total. The van der Waals surface area contributed by atoms with Gasteiger partial charge in [-0.05, 0) is 12.3 Å². The molecule has 0 aliphatic rings. The van der Waals surface area contributed by atoms with Crippen LogP contribution in [-0.2, 0) is 4.74 Å². The fourth-order valence-electron chi connectivity index (χ4n) is 0.861. The Hall–Kier alpha value is -0.0400. The lowest BCUT2D eigenvalue weighted by molar-refractivity contribution is 0.155. The molecule has 0 aromatic heterocycles. The topological polar surface area (TPSA) is 9.23 Å². The summed E-state index contributed by atoms with van der Waals surface area (Å²) in [7, 11) is 1.76. The highest BCUT2D eigenvalue weighted by atomic mass is 16.5. The van der Waals surface area contributed by atoms with Gasteiger partial charge in [0.1, 0.15) is 0 Å². The van der Waals surface area contributed by atoms with Gasteiger partial charge < -0.3 is 4.74 Å². The molecule has 0 radical (unpaired) electrons. The fraction of sp³-hybridized carbons (Fsp3) is 1.00. The standard InChI is InChI=1S/C7H16O/c1-4-5-7(2)6-8-3/h7H,4-6H2,1-3H3. The van der Waals surface area contributed by atoms with Crippen molar-refractivity contribution in [2.75, 3.05) is 13.7 Å². The van der Waals surface area contributed by atoms with Crippen LogP contribution >= 0.6 is 0 Å². The third-order valence-corrected chi connectivity index (χ3v) is 1.23. The Kier molecular flexibility index (Phi) is 5.08. The van der Waals surface area contributed by atoms with Gasteiger partial charge in [0, 0.05) is 13.7 Å². The Morgan fingerprint density at radius 3 is 2.50 bits per heavy atom. The van der Waals surface area contributed by atoms with Crippen molar-refractivity contribution in [1.29, 1.82) is 0 Å². The van der Waals surface area contributed by atoms with Crippen LogP contribution in [0.1, 0.15) is 26.7 Å². The van der Waals surface area contributed by atoms with Gasteiger partial charge >= 0.3 is 0 Å². The number of rotatable bonds is 4. The van der Waals surface area contributed by atoms with E-state index < -0.39 is 0 Å². The zero-order valence-corrected chi connectivity index (χ0v) is 6.11. The van der Waals surface area contributed by atoms with Crippen molar-refractivity contribution in [3.05, 3.63) is 0 Å². The fourth-order valence-corrected chi connectivity index (χ4v) is 0.861. The Morgan fingerprint density at radius 1 is 1.50 bits per heavy atom. The number of hydrogen-bond donors (Lipinski definition) is 0. The third-order valence-electron chi connectivity index (χ3n) is 1.23. The molecule has 0 fully saturated rings. The zero-order chi connectivity index (χ0) is 6.41. The molecule has 0 rings (SSSR count). The molecule has 0 aliphatic carbocycles. The minimum atomic E-state index is 0.741. The van der Waals surface area contributed by atoms with E-state index in [1.165, 1.54) is 12.8 Å². The van der Waals surface area contributed by atoms with Gasteiger partial charge in [0.05, 0.1) is 0 Å². The Bertz CT molecular complexity index is 37.7. The van der Waals surface area contributed by atoms with Gasteiger partial charge in [-0.25, -0.2) is 0 Å². The monoisotopic (exact) mass is 116 g/mol. The molecule has 0 N–H and O–H groups in total. The van der Waals surface area contributed by atoms with E-state index >= 15 is 0 Å². The molecule has 0 aliphatic heterocycles. The summed E-state index contributed by atoms with van der Waals surface area (Å²) in [5.41, 5.74) is 0. The van der Waals surface area contributed by atoms with Crippen LogP contribution in [0.3, 0.4) is 0 Å². The molecule has 0 spiro atoms. The second-order valence-electron chi connectivity index (χ2n) is 2.35. The van der Waals surface area contributed by atoms with Gasteiger partial charge in [-0.3, -0.25) is 0 Å². The van der Waals surface area contributed by atoms with E-state index in [0.29, 0.717) is 0 Å². The molecule has 50 valence electrons. The van der Waals surface area contributed by atoms with E-state index in [1.807, 2.05) is 0 Å². The van der Waals surface area contributed by atoms with E-state index in [0.717, 1.165) is 12.5 Å². The average Bonchev–Trinajstić information content (AvgIpc) is 1.68. The van der Waals surface area contributed by atoms with Crippen molar-refractivity contribution in [1.82, 2.24) is 0 Å². The van der Waals surface area contributed by atoms with Gasteiger partial charge in [0.25, 0.3) is 0 Å². The average molecular weight is 116 g/mol. The zero-order valence-electron chi connectivity index (χ0n) is 6.11. The third kappa shape index (κ3) is 4.13. The van der Waals surface area contributed by atoms with Crippen LogP contribution in [0.4, 0.5) is 0 Å². The van der Waals surface area contributed by atoms with Crippen LogP contribution < -0.4 is 0 Å². The number of ether oxygens (including phenoxy) is 1. The molecule has 1 heteroatoms. The first-order valence-corrected chi connectivity index (χ1v) is 3.30. The Morgan fingerprint density at radius 2 is 2.12 bits per heavy atom.